The van der Waals surface area contributed by atoms with Gasteiger partial charge in [-0.2, -0.15) is 0 Å². The summed E-state index contributed by atoms with van der Waals surface area (Å²) in [6.07, 6.45) is 12.8. The quantitative estimate of drug-likeness (QED) is 0.391. The monoisotopic (exact) mass is 491 g/mol. The van der Waals surface area contributed by atoms with Crippen molar-refractivity contribution in [1.29, 1.82) is 0 Å². The van der Waals surface area contributed by atoms with Crippen molar-refractivity contribution >= 4 is 11.4 Å². The van der Waals surface area contributed by atoms with Gasteiger partial charge in [-0.25, -0.2) is 0 Å². The van der Waals surface area contributed by atoms with Crippen LogP contribution in [0.3, 0.4) is 0 Å². The first-order chi connectivity index (χ1) is 19.1. The van der Waals surface area contributed by atoms with Gasteiger partial charge in [-0.3, -0.25) is 0 Å². The fourth-order valence-electron chi connectivity index (χ4n) is 3.10. The summed E-state index contributed by atoms with van der Waals surface area (Å²) in [6, 6.07) is 11.4. The minimum absolute atomic E-state index is 0.196. The molecule has 2 heteroatoms. The maximum absolute atomic E-state index is 4.95. The summed E-state index contributed by atoms with van der Waals surface area (Å²) in [7, 11) is 1.86. The third kappa shape index (κ3) is 9.84. The lowest BCUT2D eigenvalue weighted by molar-refractivity contribution is -0.332. The fraction of sp³-hybridized carbons (Fsp3) is 0.108. The highest BCUT2D eigenvalue weighted by Gasteiger charge is 2.44. The number of terminal acetylenes is 1. The average Bonchev–Trinajstić information content (AvgIpc) is 3.15. The van der Waals surface area contributed by atoms with E-state index in [4.69, 9.17) is 6.42 Å². The van der Waals surface area contributed by atoms with Gasteiger partial charge >= 0.3 is 0 Å². The third-order valence-electron chi connectivity index (χ3n) is 4.69. The van der Waals surface area contributed by atoms with Crippen molar-refractivity contribution < 1.29 is 4.58 Å². The zero-order valence-electron chi connectivity index (χ0n) is 21.6. The van der Waals surface area contributed by atoms with Gasteiger partial charge in [0.2, 0.25) is 17.4 Å². The number of rotatable bonds is 3. The van der Waals surface area contributed by atoms with Gasteiger partial charge in [0.1, 0.15) is 0 Å². The number of hydrogen-bond donors (Lipinski definition) is 1. The molecular weight excluding hydrogens is 472 g/mol. The molecule has 2 nitrogen and oxygen atoms in total. The first-order valence-electron chi connectivity index (χ1n) is 11.4. The molecule has 2 rings (SSSR count). The van der Waals surface area contributed by atoms with Crippen LogP contribution in [-0.4, -0.2) is 17.3 Å². The number of allylic oxidation sites excluding steroid dienone is 3. The van der Waals surface area contributed by atoms with E-state index in [9.17, 15) is 0 Å². The Morgan fingerprint density at radius 2 is 1.13 bits per heavy atom. The van der Waals surface area contributed by atoms with Gasteiger partial charge in [-0.1, -0.05) is 24.3 Å². The van der Waals surface area contributed by atoms with E-state index in [0.717, 1.165) is 11.4 Å². The van der Waals surface area contributed by atoms with Gasteiger partial charge in [0.15, 0.2) is 0 Å². The molecule has 176 valence electrons. The van der Waals surface area contributed by atoms with Crippen molar-refractivity contribution in [3.8, 4) is 131 Å². The Balaban J connectivity index is 2.05. The third-order valence-corrected chi connectivity index (χ3v) is 4.69. The highest BCUT2D eigenvalue weighted by Crippen LogP contribution is 2.39. The van der Waals surface area contributed by atoms with Crippen molar-refractivity contribution in [2.45, 2.75) is 19.3 Å². The van der Waals surface area contributed by atoms with Crippen molar-refractivity contribution in [2.75, 3.05) is 7.05 Å². The highest BCUT2D eigenvalue weighted by molar-refractivity contribution is 6.03. The zero-order valence-corrected chi connectivity index (χ0v) is 21.6. The Hall–Kier alpha value is -6.67. The number of benzene rings is 1. The molecule has 0 atom stereocenters. The molecule has 1 aliphatic heterocycles. The minimum Gasteiger partial charge on any atom is -0.394 e. The van der Waals surface area contributed by atoms with Crippen molar-refractivity contribution in [3.05, 3.63) is 54.3 Å². The molecule has 0 radical (unpaired) electrons. The largest absolute Gasteiger partial charge is 0.394 e. The van der Waals surface area contributed by atoms with Crippen LogP contribution in [0, 0.1) is 131 Å². The van der Waals surface area contributed by atoms with Crippen LogP contribution in [0.4, 0.5) is 5.69 Å². The molecule has 0 fully saturated rings. The fourth-order valence-corrected chi connectivity index (χ4v) is 3.10. The van der Waals surface area contributed by atoms with E-state index in [0.29, 0.717) is 0 Å². The lowest BCUT2D eigenvalue weighted by atomic mass is 9.81. The molecule has 1 aromatic carbocycles. The molecule has 1 heterocycles. The lowest BCUT2D eigenvalue weighted by Crippen LogP contribution is -2.26. The van der Waals surface area contributed by atoms with E-state index in [1.807, 2.05) is 42.1 Å². The minimum atomic E-state index is -0.196. The molecule has 1 N–H and O–H groups in total. The first-order valence-corrected chi connectivity index (χ1v) is 11.4. The van der Waals surface area contributed by atoms with E-state index >= 15 is 0 Å². The van der Waals surface area contributed by atoms with Gasteiger partial charge in [0.05, 0.1) is 11.3 Å². The van der Waals surface area contributed by atoms with E-state index in [-0.39, 0.29) is 5.41 Å². The van der Waals surface area contributed by atoms with Crippen molar-refractivity contribution in [3.63, 3.8) is 0 Å². The normalized spacial score (nSPS) is 10.3. The Morgan fingerprint density at radius 1 is 0.667 bits per heavy atom. The maximum atomic E-state index is 4.95. The topological polar surface area (TPSA) is 15.0 Å². The molecule has 1 aromatic rings. The molecule has 39 heavy (non-hydrogen) atoms. The number of hydrogen-bond acceptors (Lipinski definition) is 1. The van der Waals surface area contributed by atoms with Crippen LogP contribution in [-0.2, 0) is 5.41 Å². The van der Waals surface area contributed by atoms with Crippen molar-refractivity contribution in [1.82, 2.24) is 5.32 Å². The molecule has 0 spiro atoms. The summed E-state index contributed by atoms with van der Waals surface area (Å²) in [5.41, 5.74) is 3.12. The zero-order chi connectivity index (χ0) is 28.0. The smallest absolute Gasteiger partial charge is 0.243 e. The van der Waals surface area contributed by atoms with E-state index in [1.54, 1.807) is 0 Å². The number of para-hydroxylation sites is 1. The van der Waals surface area contributed by atoms with Crippen LogP contribution in [0.2, 0.25) is 0 Å². The van der Waals surface area contributed by atoms with Crippen LogP contribution < -0.4 is 5.32 Å². The summed E-state index contributed by atoms with van der Waals surface area (Å²) < 4.78 is 1.97. The van der Waals surface area contributed by atoms with Gasteiger partial charge in [-0.05, 0) is 73.5 Å². The van der Waals surface area contributed by atoms with Crippen LogP contribution in [0.15, 0.2) is 48.7 Å². The van der Waals surface area contributed by atoms with Crippen LogP contribution >= 0.6 is 0 Å². The number of nitrogens with one attached hydrogen (secondary N) is 1. The predicted octanol–water partition coefficient (Wildman–Crippen LogP) is 2.98. The summed E-state index contributed by atoms with van der Waals surface area (Å²) >= 11 is 0. The standard InChI is InChI=1S/C37H18N2/c1-5-6-7-8-9-10-11-12-13-14-15-16-17-18-19-20-21-22-23-28-33-39-35-30-25-24-29-34(35)37(2,3)36(39)31-26-27-32-38-4/h1,24-27,29-32H,2-4H3/p+1. The second kappa shape index (κ2) is 16.9. The van der Waals surface area contributed by atoms with E-state index < -0.39 is 0 Å². The molecule has 0 aliphatic carbocycles. The Labute approximate surface area is 232 Å². The second-order valence-electron chi connectivity index (χ2n) is 7.50. The maximum Gasteiger partial charge on any atom is 0.243 e. The molecule has 0 saturated carbocycles. The summed E-state index contributed by atoms with van der Waals surface area (Å²) in [5, 5.41) is 2.98. The average molecular weight is 492 g/mol. The van der Waals surface area contributed by atoms with Crippen LogP contribution in [0.5, 0.6) is 0 Å². The summed E-state index contributed by atoms with van der Waals surface area (Å²) in [4.78, 5) is 0. The molecule has 0 saturated heterocycles. The SMILES string of the molecule is C#CC#CC#CC#CC#CC#CC#CC#CC#CC#CC#C[N+]1=C(/C=C/C=C/NC)C(C)(C)c2ccccc21. The summed E-state index contributed by atoms with van der Waals surface area (Å²) in [6.45, 7) is 4.36. The Bertz CT molecular complexity index is 1920. The predicted molar refractivity (Wildman–Crippen MR) is 158 cm³/mol. The van der Waals surface area contributed by atoms with Gasteiger partial charge in [0.25, 0.3) is 0 Å². The van der Waals surface area contributed by atoms with Crippen LogP contribution in [0.1, 0.15) is 19.4 Å². The van der Waals surface area contributed by atoms with Crippen LogP contribution in [0.25, 0.3) is 0 Å². The second-order valence-corrected chi connectivity index (χ2v) is 7.50. The highest BCUT2D eigenvalue weighted by atomic mass is 15.0. The number of nitrogens with zero attached hydrogens (tertiary/aromatic N) is 1. The number of fused-ring (bicyclic) bond motifs is 1. The van der Waals surface area contributed by atoms with Gasteiger partial charge in [0, 0.05) is 89.9 Å². The first kappa shape index (κ1) is 28.6. The Morgan fingerprint density at radius 3 is 1.62 bits per heavy atom. The summed E-state index contributed by atoms with van der Waals surface area (Å²) in [5.74, 6) is 50.8. The van der Waals surface area contributed by atoms with E-state index in [2.05, 4.69) is 162 Å². The molecule has 0 aromatic heterocycles. The lowest BCUT2D eigenvalue weighted by Gasteiger charge is -2.14. The van der Waals surface area contributed by atoms with Gasteiger partial charge in [-0.15, -0.1) is 11.0 Å². The molecule has 1 aliphatic rings. The van der Waals surface area contributed by atoms with Gasteiger partial charge < -0.3 is 5.32 Å². The Kier molecular flexibility index (Phi) is 12.4. The van der Waals surface area contributed by atoms with E-state index in [1.165, 1.54) is 5.56 Å². The molecule has 0 amide bonds. The molecule has 0 bridgehead atoms. The molecule has 0 unspecified atom stereocenters. The molecular formula is C37H19N2+. The van der Waals surface area contributed by atoms with Crippen molar-refractivity contribution in [2.24, 2.45) is 0 Å².